The largest absolute Gasteiger partial charge is 0.382 e. The molecule has 0 spiro atoms. The van der Waals surface area contributed by atoms with Gasteiger partial charge in [-0.3, -0.25) is 9.59 Å². The van der Waals surface area contributed by atoms with E-state index in [1.165, 1.54) is 14.0 Å². The first-order valence-electron chi connectivity index (χ1n) is 7.58. The van der Waals surface area contributed by atoms with Crippen molar-refractivity contribution >= 4 is 41.0 Å². The molecule has 0 radical (unpaired) electrons. The van der Waals surface area contributed by atoms with Gasteiger partial charge in [-0.25, -0.2) is 9.69 Å². The highest BCUT2D eigenvalue weighted by molar-refractivity contribution is 7.99. The van der Waals surface area contributed by atoms with Crippen LogP contribution in [0, 0.1) is 0 Å². The molecule has 24 heavy (non-hydrogen) atoms. The fraction of sp³-hybridized carbons (Fsp3) is 0.438. The Balaban J connectivity index is 1.99. The van der Waals surface area contributed by atoms with Crippen molar-refractivity contribution in [3.8, 4) is 0 Å². The first kappa shape index (κ1) is 16.8. The number of nitrogens with one attached hydrogen (secondary N) is 1. The van der Waals surface area contributed by atoms with Gasteiger partial charge in [0.15, 0.2) is 0 Å². The zero-order chi connectivity index (χ0) is 17.5. The third-order valence-electron chi connectivity index (χ3n) is 4.14. The number of hydrogen-bond donors (Lipinski definition) is 1. The molecule has 1 unspecified atom stereocenters. The second kappa shape index (κ2) is 6.10. The third-order valence-corrected chi connectivity index (χ3v) is 5.18. The van der Waals surface area contributed by atoms with Crippen LogP contribution in [-0.4, -0.2) is 49.4 Å². The molecule has 1 N–H and O–H groups in total. The zero-order valence-corrected chi connectivity index (χ0v) is 14.6. The van der Waals surface area contributed by atoms with Crippen molar-refractivity contribution in [1.82, 2.24) is 5.32 Å². The van der Waals surface area contributed by atoms with Crippen molar-refractivity contribution in [2.24, 2.45) is 0 Å². The van der Waals surface area contributed by atoms with Crippen LogP contribution in [0.3, 0.4) is 0 Å². The lowest BCUT2D eigenvalue weighted by molar-refractivity contribution is -0.123. The van der Waals surface area contributed by atoms with E-state index in [0.29, 0.717) is 12.2 Å². The summed E-state index contributed by atoms with van der Waals surface area (Å²) in [5.74, 6) is 0.392. The van der Waals surface area contributed by atoms with E-state index in [9.17, 15) is 14.4 Å². The standard InChI is InChI=1S/C16H19N3O4S/c1-10(20)18-6-7-24-13-5-4-11(8-12(13)18)19-14(21)16(2,9-23-3)17-15(19)22/h4-5,8H,6-7,9H2,1-3H3,(H,17,22). The van der Waals surface area contributed by atoms with Gasteiger partial charge in [0.05, 0.1) is 18.0 Å². The molecule has 1 aromatic rings. The van der Waals surface area contributed by atoms with Crippen LogP contribution >= 0.6 is 11.8 Å². The van der Waals surface area contributed by atoms with Crippen molar-refractivity contribution in [2.75, 3.05) is 35.8 Å². The summed E-state index contributed by atoms with van der Waals surface area (Å²) in [6.07, 6.45) is 0. The zero-order valence-electron chi connectivity index (χ0n) is 13.8. The Morgan fingerprint density at radius 3 is 2.83 bits per heavy atom. The van der Waals surface area contributed by atoms with Gasteiger partial charge in [0.2, 0.25) is 5.91 Å². The average Bonchev–Trinajstić information content (AvgIpc) is 2.75. The van der Waals surface area contributed by atoms with E-state index >= 15 is 0 Å². The topological polar surface area (TPSA) is 79.0 Å². The molecule has 3 rings (SSSR count). The quantitative estimate of drug-likeness (QED) is 0.839. The highest BCUT2D eigenvalue weighted by Crippen LogP contribution is 2.38. The molecule has 0 bridgehead atoms. The first-order valence-corrected chi connectivity index (χ1v) is 8.56. The molecular formula is C16H19N3O4S. The number of imide groups is 1. The fourth-order valence-corrected chi connectivity index (χ4v) is 3.95. The minimum absolute atomic E-state index is 0.0601. The summed E-state index contributed by atoms with van der Waals surface area (Å²) in [5.41, 5.74) is 0.0959. The molecule has 0 aliphatic carbocycles. The Kier molecular flexibility index (Phi) is 4.27. The van der Waals surface area contributed by atoms with Crippen molar-refractivity contribution in [1.29, 1.82) is 0 Å². The SMILES string of the molecule is COCC1(C)NC(=O)N(c2ccc3c(c2)N(C(C)=O)CCS3)C1=O. The molecule has 2 aliphatic heterocycles. The molecule has 7 nitrogen and oxygen atoms in total. The Bertz CT molecular complexity index is 723. The minimum Gasteiger partial charge on any atom is -0.382 e. The predicted octanol–water partition coefficient (Wildman–Crippen LogP) is 1.61. The summed E-state index contributed by atoms with van der Waals surface area (Å²) in [4.78, 5) is 40.6. The van der Waals surface area contributed by atoms with Crippen LogP contribution in [0.2, 0.25) is 0 Å². The average molecular weight is 349 g/mol. The number of benzene rings is 1. The number of ether oxygens (including phenoxy) is 1. The van der Waals surface area contributed by atoms with E-state index < -0.39 is 11.6 Å². The van der Waals surface area contributed by atoms with Gasteiger partial charge in [-0.1, -0.05) is 0 Å². The van der Waals surface area contributed by atoms with Crippen LogP contribution in [0.4, 0.5) is 16.2 Å². The van der Waals surface area contributed by atoms with Crippen LogP contribution in [-0.2, 0) is 14.3 Å². The van der Waals surface area contributed by atoms with Gasteiger partial charge in [0, 0.05) is 31.2 Å². The highest BCUT2D eigenvalue weighted by atomic mass is 32.2. The van der Waals surface area contributed by atoms with Crippen LogP contribution in [0.15, 0.2) is 23.1 Å². The number of fused-ring (bicyclic) bond motifs is 1. The monoisotopic (exact) mass is 349 g/mol. The lowest BCUT2D eigenvalue weighted by atomic mass is 10.0. The summed E-state index contributed by atoms with van der Waals surface area (Å²) in [6.45, 7) is 3.84. The number of carbonyl (C=O) groups is 3. The minimum atomic E-state index is -1.09. The molecule has 2 aliphatic rings. The Labute approximate surface area is 144 Å². The van der Waals surface area contributed by atoms with Gasteiger partial charge < -0.3 is 15.0 Å². The molecule has 8 heteroatoms. The van der Waals surface area contributed by atoms with Crippen molar-refractivity contribution in [3.63, 3.8) is 0 Å². The number of rotatable bonds is 3. The number of amides is 4. The number of thioether (sulfide) groups is 1. The van der Waals surface area contributed by atoms with Gasteiger partial charge in [-0.15, -0.1) is 11.8 Å². The Morgan fingerprint density at radius 2 is 2.17 bits per heavy atom. The molecule has 128 valence electrons. The summed E-state index contributed by atoms with van der Waals surface area (Å²) in [6, 6.07) is 4.80. The van der Waals surface area contributed by atoms with E-state index in [1.54, 1.807) is 35.7 Å². The number of carbonyl (C=O) groups excluding carboxylic acids is 3. The molecular weight excluding hydrogens is 330 g/mol. The van der Waals surface area contributed by atoms with Crippen molar-refractivity contribution in [3.05, 3.63) is 18.2 Å². The highest BCUT2D eigenvalue weighted by Gasteiger charge is 2.48. The van der Waals surface area contributed by atoms with E-state index in [4.69, 9.17) is 4.74 Å². The second-order valence-corrected chi connectivity index (χ2v) is 7.14. The van der Waals surface area contributed by atoms with Crippen LogP contribution in [0.5, 0.6) is 0 Å². The number of urea groups is 1. The van der Waals surface area contributed by atoms with E-state index in [1.807, 2.05) is 6.07 Å². The van der Waals surface area contributed by atoms with Crippen LogP contribution in [0.1, 0.15) is 13.8 Å². The molecule has 1 atom stereocenters. The molecule has 1 saturated heterocycles. The van der Waals surface area contributed by atoms with E-state index in [2.05, 4.69) is 5.32 Å². The fourth-order valence-electron chi connectivity index (χ4n) is 2.98. The number of hydrogen-bond acceptors (Lipinski definition) is 5. The van der Waals surface area contributed by atoms with Crippen molar-refractivity contribution < 1.29 is 19.1 Å². The van der Waals surface area contributed by atoms with Gasteiger partial charge >= 0.3 is 6.03 Å². The summed E-state index contributed by atoms with van der Waals surface area (Å²) in [7, 11) is 1.48. The Morgan fingerprint density at radius 1 is 1.42 bits per heavy atom. The maximum atomic E-state index is 12.7. The normalized spacial score (nSPS) is 23.3. The number of nitrogens with zero attached hydrogens (tertiary/aromatic N) is 2. The summed E-state index contributed by atoms with van der Waals surface area (Å²) >= 11 is 1.65. The number of anilines is 2. The predicted molar refractivity (Wildman–Crippen MR) is 91.5 cm³/mol. The summed E-state index contributed by atoms with van der Waals surface area (Å²) < 4.78 is 5.05. The van der Waals surface area contributed by atoms with Crippen LogP contribution < -0.4 is 15.1 Å². The summed E-state index contributed by atoms with van der Waals surface area (Å²) in [5, 5.41) is 2.67. The van der Waals surface area contributed by atoms with E-state index in [0.717, 1.165) is 21.2 Å². The van der Waals surface area contributed by atoms with Gasteiger partial charge in [-0.2, -0.15) is 0 Å². The molecule has 0 saturated carbocycles. The second-order valence-electron chi connectivity index (χ2n) is 6.01. The maximum absolute atomic E-state index is 12.7. The smallest absolute Gasteiger partial charge is 0.329 e. The lowest BCUT2D eigenvalue weighted by Gasteiger charge is -2.29. The van der Waals surface area contributed by atoms with Crippen molar-refractivity contribution in [2.45, 2.75) is 24.3 Å². The molecule has 0 aromatic heterocycles. The molecule has 4 amide bonds. The van der Waals surface area contributed by atoms with Gasteiger partial charge in [0.25, 0.3) is 5.91 Å². The van der Waals surface area contributed by atoms with Gasteiger partial charge in [0.1, 0.15) is 5.54 Å². The lowest BCUT2D eigenvalue weighted by Crippen LogP contribution is -2.47. The van der Waals surface area contributed by atoms with Crippen LogP contribution in [0.25, 0.3) is 0 Å². The first-order chi connectivity index (χ1) is 11.4. The molecule has 1 fully saturated rings. The number of methoxy groups -OCH3 is 1. The Hall–Kier alpha value is -2.06. The molecule has 2 heterocycles. The molecule has 1 aromatic carbocycles. The third kappa shape index (κ3) is 2.65. The maximum Gasteiger partial charge on any atom is 0.329 e. The van der Waals surface area contributed by atoms with E-state index in [-0.39, 0.29) is 18.4 Å². The van der Waals surface area contributed by atoms with Gasteiger partial charge in [-0.05, 0) is 25.1 Å².